The van der Waals surface area contributed by atoms with E-state index in [2.05, 4.69) is 6.92 Å². The summed E-state index contributed by atoms with van der Waals surface area (Å²) in [7, 11) is 0. The van der Waals surface area contributed by atoms with Gasteiger partial charge in [-0.2, -0.15) is 0 Å². The van der Waals surface area contributed by atoms with Gasteiger partial charge in [-0.15, -0.1) is 0 Å². The fourth-order valence-electron chi connectivity index (χ4n) is 1.13. The van der Waals surface area contributed by atoms with Crippen LogP contribution in [-0.2, 0) is 0 Å². The Morgan fingerprint density at radius 2 is 2.50 bits per heavy atom. The van der Waals surface area contributed by atoms with E-state index in [1.807, 2.05) is 0 Å². The normalized spacial score (nSPS) is 31.8. The van der Waals surface area contributed by atoms with Gasteiger partial charge in [0.1, 0.15) is 0 Å². The monoisotopic (exact) mass is 110 g/mol. The molecule has 1 rings (SSSR count). The quantitative estimate of drug-likeness (QED) is 0.415. The van der Waals surface area contributed by atoms with E-state index in [0.717, 1.165) is 5.92 Å². The van der Waals surface area contributed by atoms with Crippen molar-refractivity contribution in [2.75, 3.05) is 0 Å². The van der Waals surface area contributed by atoms with Crippen molar-refractivity contribution >= 4 is 33.8 Å². The molecule has 0 aliphatic carbocycles. The summed E-state index contributed by atoms with van der Waals surface area (Å²) in [5, 5.41) is 0. The van der Waals surface area contributed by atoms with Crippen molar-refractivity contribution in [1.29, 1.82) is 0 Å². The van der Waals surface area contributed by atoms with Gasteiger partial charge < -0.3 is 0 Å². The first-order chi connectivity index (χ1) is 2.89. The van der Waals surface area contributed by atoms with Crippen LogP contribution in [0.1, 0.15) is 13.3 Å². The molecular weight excluding hydrogens is 100 g/mol. The molecule has 1 fully saturated rings. The second kappa shape index (κ2) is 2.54. The molecule has 1 aliphatic rings. The number of hydrogen-bond donors (Lipinski definition) is 0. The zero-order valence-electron chi connectivity index (χ0n) is 4.41. The summed E-state index contributed by atoms with van der Waals surface area (Å²) in [5.74, 6) is 1.13. The van der Waals surface area contributed by atoms with Crippen LogP contribution in [0.4, 0.5) is 0 Å². The van der Waals surface area contributed by atoms with E-state index in [1.54, 1.807) is 11.5 Å². The predicted molar refractivity (Wildman–Crippen MR) is 29.1 cm³/mol. The Morgan fingerprint density at radius 3 is 2.67 bits per heavy atom. The summed E-state index contributed by atoms with van der Waals surface area (Å²) in [6.45, 7) is 2.39. The topological polar surface area (TPSA) is 0 Å². The summed E-state index contributed by atoms with van der Waals surface area (Å²) in [5.41, 5.74) is 0. The van der Waals surface area contributed by atoms with Gasteiger partial charge in [0.25, 0.3) is 0 Å². The van der Waals surface area contributed by atoms with Crippen LogP contribution in [0.15, 0.2) is 0 Å². The molecule has 1 saturated heterocycles. The standard InChI is InChI=1S/C5H10.Ca/c1-4-5(2)3;/h5H,1-2,4H2,3H3;. The molecule has 0 amide bonds. The first-order valence-corrected chi connectivity index (χ1v) is 6.02. The van der Waals surface area contributed by atoms with Gasteiger partial charge in [0.05, 0.1) is 0 Å². The zero-order valence-corrected chi connectivity index (χ0v) is 6.61. The minimum absolute atomic E-state index is 0.149. The second-order valence-corrected chi connectivity index (χ2v) is 5.50. The molecule has 0 bridgehead atoms. The van der Waals surface area contributed by atoms with Crippen molar-refractivity contribution < 1.29 is 0 Å². The molecule has 0 aromatic heterocycles. The van der Waals surface area contributed by atoms with Crippen molar-refractivity contribution in [3.63, 3.8) is 0 Å². The van der Waals surface area contributed by atoms with Crippen LogP contribution in [0, 0.1) is 5.92 Å². The molecule has 0 aromatic rings. The van der Waals surface area contributed by atoms with Gasteiger partial charge >= 0.3 is 58.1 Å². The van der Waals surface area contributed by atoms with Crippen LogP contribution >= 0.6 is 0 Å². The van der Waals surface area contributed by atoms with Gasteiger partial charge in [0.2, 0.25) is 0 Å². The van der Waals surface area contributed by atoms with Gasteiger partial charge in [-0.1, -0.05) is 0 Å². The van der Waals surface area contributed by atoms with Gasteiger partial charge in [-0.3, -0.25) is 0 Å². The van der Waals surface area contributed by atoms with Crippen LogP contribution in [-0.4, -0.2) is 33.8 Å². The van der Waals surface area contributed by atoms with Crippen molar-refractivity contribution in [3.8, 4) is 0 Å². The molecule has 1 aliphatic heterocycles. The van der Waals surface area contributed by atoms with E-state index in [9.17, 15) is 0 Å². The van der Waals surface area contributed by atoms with E-state index < -0.39 is 0 Å². The molecule has 1 heteroatoms. The maximum absolute atomic E-state index is 2.39. The molecule has 0 radical (unpaired) electrons. The summed E-state index contributed by atoms with van der Waals surface area (Å²) in [6, 6.07) is 0. The van der Waals surface area contributed by atoms with Crippen LogP contribution in [0.3, 0.4) is 0 Å². The summed E-state index contributed by atoms with van der Waals surface area (Å²) in [4.78, 5) is 0. The van der Waals surface area contributed by atoms with Gasteiger partial charge in [-0.25, -0.2) is 0 Å². The molecule has 1 unspecified atom stereocenters. The number of hydrogen-bond acceptors (Lipinski definition) is 0. The van der Waals surface area contributed by atoms with E-state index in [-0.39, 0.29) is 33.8 Å². The van der Waals surface area contributed by atoms with E-state index in [4.69, 9.17) is 0 Å². The first-order valence-electron chi connectivity index (χ1n) is 2.89. The second-order valence-electron chi connectivity index (χ2n) is 2.39. The van der Waals surface area contributed by atoms with Crippen molar-refractivity contribution in [1.82, 2.24) is 0 Å². The fraction of sp³-hybridized carbons (Fsp3) is 1.00. The van der Waals surface area contributed by atoms with Crippen molar-refractivity contribution in [3.05, 3.63) is 0 Å². The Kier molecular flexibility index (Phi) is 2.28. The van der Waals surface area contributed by atoms with Gasteiger partial charge in [-0.05, 0) is 0 Å². The molecule has 0 spiro atoms. The van der Waals surface area contributed by atoms with E-state index in [1.165, 1.54) is 0 Å². The predicted octanol–water partition coefficient (Wildman–Crippen LogP) is 1.57. The zero-order chi connectivity index (χ0) is 4.41. The van der Waals surface area contributed by atoms with Crippen molar-refractivity contribution in [2.45, 2.75) is 18.4 Å². The molecule has 0 aromatic carbocycles. The molecular formula is C5H10Ca. The third kappa shape index (κ3) is 1.40. The molecule has 1 heterocycles. The maximum atomic E-state index is 2.39. The fourth-order valence-corrected chi connectivity index (χ4v) is 4.66. The molecule has 32 valence electrons. The summed E-state index contributed by atoms with van der Waals surface area (Å²) in [6.07, 6.45) is 1.57. The molecule has 0 saturated carbocycles. The average molecular weight is 110 g/mol. The van der Waals surface area contributed by atoms with Crippen molar-refractivity contribution in [2.24, 2.45) is 5.92 Å². The first kappa shape index (κ1) is 5.40. The minimum atomic E-state index is 0.149. The molecule has 6 heavy (non-hydrogen) atoms. The van der Waals surface area contributed by atoms with E-state index in [0.29, 0.717) is 0 Å². The third-order valence-electron chi connectivity index (χ3n) is 1.64. The average Bonchev–Trinajstić information content (AvgIpc) is 1.86. The third-order valence-corrected chi connectivity index (χ3v) is 5.24. The number of rotatable bonds is 0. The van der Waals surface area contributed by atoms with Gasteiger partial charge in [0.15, 0.2) is 0 Å². The summed E-state index contributed by atoms with van der Waals surface area (Å²) < 4.78 is 3.35. The van der Waals surface area contributed by atoms with Gasteiger partial charge in [0, 0.05) is 0 Å². The van der Waals surface area contributed by atoms with Crippen LogP contribution in [0.2, 0.25) is 5.04 Å². The Labute approximate surface area is 57.6 Å². The molecule has 0 nitrogen and oxygen atoms in total. The van der Waals surface area contributed by atoms with Crippen LogP contribution in [0.25, 0.3) is 0 Å². The summed E-state index contributed by atoms with van der Waals surface area (Å²) >= 11 is 0.149. The Bertz CT molecular complexity index is 37.2. The Hall–Kier alpha value is 1.26. The molecule has 0 N–H and O–H groups in total. The Balaban J connectivity index is 2.18. The Morgan fingerprint density at radius 1 is 1.67 bits per heavy atom. The van der Waals surface area contributed by atoms with Crippen LogP contribution < -0.4 is 0 Å². The van der Waals surface area contributed by atoms with E-state index >= 15 is 0 Å². The van der Waals surface area contributed by atoms with Crippen LogP contribution in [0.5, 0.6) is 0 Å². The molecule has 1 atom stereocenters. The SMILES string of the molecule is CC1C[CH2][Ca][CH2]1.